The molecule has 0 radical (unpaired) electrons. The first kappa shape index (κ1) is 34.6. The van der Waals surface area contributed by atoms with Gasteiger partial charge < -0.3 is 24.8 Å². The average molecular weight is 639 g/mol. The van der Waals surface area contributed by atoms with Crippen LogP contribution in [0.4, 0.5) is 4.39 Å². The summed E-state index contributed by atoms with van der Waals surface area (Å²) in [4.78, 5) is 52.2. The molecule has 1 aromatic heterocycles. The lowest BCUT2D eigenvalue weighted by atomic mass is 9.78. The van der Waals surface area contributed by atoms with Crippen LogP contribution in [0.3, 0.4) is 0 Å². The van der Waals surface area contributed by atoms with Crippen molar-refractivity contribution in [3.8, 4) is 5.75 Å². The number of carbonyl (C=O) groups is 2. The summed E-state index contributed by atoms with van der Waals surface area (Å²) in [5.41, 5.74) is -3.20. The molecule has 4 rings (SSSR count). The second kappa shape index (κ2) is 12.2. The minimum Gasteiger partial charge on any atom is -0.496 e. The number of aliphatic hydroxyl groups is 3. The van der Waals surface area contributed by atoms with Crippen LogP contribution in [0.5, 0.6) is 5.75 Å². The highest BCUT2D eigenvalue weighted by Gasteiger charge is 2.69. The highest BCUT2D eigenvalue weighted by atomic mass is 19.2. The number of allylic oxidation sites excluding steroid dienone is 1. The fourth-order valence-corrected chi connectivity index (χ4v) is 5.44. The van der Waals surface area contributed by atoms with E-state index in [1.54, 1.807) is 18.2 Å². The molecule has 12 heteroatoms. The van der Waals surface area contributed by atoms with E-state index in [2.05, 4.69) is 0 Å². The minimum atomic E-state index is -3.50. The van der Waals surface area contributed by atoms with Gasteiger partial charge in [0.05, 0.1) is 13.7 Å². The standard InChI is InChI=1S/C34H39FN2O9/c1-31(2,3)22-16-21(17-23(27(22)45-7)32(4,5)6)24(39)13-10-19-8-11-20(12-9-19)28(41)33(44)25(18-38)46-34(35,29(33)42)37-15-14-26(40)36-30(37)43/h8-17,25,29,38,42,44H,18H2,1-7H3,(H,36,40,43)/t25-,29-,33+,34+/m1/s1. The zero-order valence-corrected chi connectivity index (χ0v) is 26.8. The number of Topliss-reactive ketones (excluding diaryl/α,β-unsaturated/α-hetero) is 1. The molecule has 1 aliphatic rings. The summed E-state index contributed by atoms with van der Waals surface area (Å²) < 4.78 is 26.9. The molecule has 11 nitrogen and oxygen atoms in total. The van der Waals surface area contributed by atoms with Crippen molar-refractivity contribution in [3.63, 3.8) is 0 Å². The predicted octanol–water partition coefficient (Wildman–Crippen LogP) is 2.98. The molecule has 4 N–H and O–H groups in total. The summed E-state index contributed by atoms with van der Waals surface area (Å²) in [6.07, 6.45) is -1.03. The molecule has 0 spiro atoms. The summed E-state index contributed by atoms with van der Waals surface area (Å²) >= 11 is 0. The number of hydrogen-bond acceptors (Lipinski definition) is 9. The van der Waals surface area contributed by atoms with Crippen molar-refractivity contribution in [2.24, 2.45) is 0 Å². The van der Waals surface area contributed by atoms with Crippen LogP contribution in [-0.2, 0) is 21.5 Å². The van der Waals surface area contributed by atoms with Crippen molar-refractivity contribution in [2.45, 2.75) is 76.2 Å². The van der Waals surface area contributed by atoms with Crippen LogP contribution in [-0.4, -0.2) is 68.0 Å². The van der Waals surface area contributed by atoms with Crippen molar-refractivity contribution < 1.29 is 38.8 Å². The summed E-state index contributed by atoms with van der Waals surface area (Å²) in [6, 6.07) is 9.95. The fraction of sp³-hybridized carbons (Fsp3) is 0.412. The number of ether oxygens (including phenoxy) is 2. The number of nitrogens with zero attached hydrogens (tertiary/aromatic N) is 1. The molecule has 1 saturated heterocycles. The van der Waals surface area contributed by atoms with Crippen LogP contribution in [0.25, 0.3) is 6.08 Å². The molecule has 2 heterocycles. The highest BCUT2D eigenvalue weighted by molar-refractivity contribution is 6.07. The molecule has 0 unspecified atom stereocenters. The Kier molecular flexibility index (Phi) is 9.17. The van der Waals surface area contributed by atoms with E-state index in [1.807, 2.05) is 53.7 Å². The third kappa shape index (κ3) is 6.13. The Morgan fingerprint density at radius 3 is 2.07 bits per heavy atom. The summed E-state index contributed by atoms with van der Waals surface area (Å²) in [6.45, 7) is 11.1. The normalized spacial score (nSPS) is 23.5. The molecule has 2 aromatic carbocycles. The average Bonchev–Trinajstić information content (AvgIpc) is 3.19. The van der Waals surface area contributed by atoms with Gasteiger partial charge in [-0.3, -0.25) is 19.4 Å². The number of aromatic amines is 1. The van der Waals surface area contributed by atoms with E-state index in [0.29, 0.717) is 17.3 Å². The summed E-state index contributed by atoms with van der Waals surface area (Å²) in [7, 11) is 1.61. The van der Waals surface area contributed by atoms with E-state index < -0.39 is 47.4 Å². The smallest absolute Gasteiger partial charge is 0.332 e. The monoisotopic (exact) mass is 638 g/mol. The lowest BCUT2D eigenvalue weighted by Crippen LogP contribution is -2.58. The van der Waals surface area contributed by atoms with Crippen LogP contribution >= 0.6 is 0 Å². The quantitative estimate of drug-likeness (QED) is 0.214. The Hall–Kier alpha value is -4.23. The number of carbonyl (C=O) groups excluding carboxylic acids is 2. The molecule has 4 atom stereocenters. The van der Waals surface area contributed by atoms with Gasteiger partial charge in [-0.15, -0.1) is 0 Å². The Balaban J connectivity index is 1.62. The fourth-order valence-electron chi connectivity index (χ4n) is 5.44. The summed E-state index contributed by atoms with van der Waals surface area (Å²) in [5, 5.41) is 31.9. The third-order valence-corrected chi connectivity index (χ3v) is 8.03. The zero-order chi connectivity index (χ0) is 34.4. The summed E-state index contributed by atoms with van der Waals surface area (Å²) in [5.74, 6) is -4.21. The van der Waals surface area contributed by atoms with Crippen molar-refractivity contribution in [1.29, 1.82) is 0 Å². The van der Waals surface area contributed by atoms with Crippen LogP contribution in [0.2, 0.25) is 0 Å². The van der Waals surface area contributed by atoms with Gasteiger partial charge in [0.15, 0.2) is 23.3 Å². The van der Waals surface area contributed by atoms with Gasteiger partial charge in [0.25, 0.3) is 5.56 Å². The second-order valence-corrected chi connectivity index (χ2v) is 13.4. The number of benzene rings is 2. The maximum Gasteiger partial charge on any atom is 0.332 e. The molecule has 246 valence electrons. The number of halogens is 1. The van der Waals surface area contributed by atoms with Crippen LogP contribution in [0, 0.1) is 0 Å². The number of H-pyrrole nitrogens is 1. The molecular formula is C34H39FN2O9. The minimum absolute atomic E-state index is 0.176. The first-order valence-corrected chi connectivity index (χ1v) is 14.6. The number of aliphatic hydroxyl groups excluding tert-OH is 2. The Labute approximate surface area is 264 Å². The first-order chi connectivity index (χ1) is 21.3. The van der Waals surface area contributed by atoms with Crippen LogP contribution in [0.15, 0.2) is 64.3 Å². The molecule has 0 aliphatic carbocycles. The number of aromatic nitrogens is 2. The van der Waals surface area contributed by atoms with E-state index in [1.165, 1.54) is 30.3 Å². The van der Waals surface area contributed by atoms with Gasteiger partial charge in [-0.05, 0) is 34.6 Å². The van der Waals surface area contributed by atoms with E-state index in [4.69, 9.17) is 9.47 Å². The van der Waals surface area contributed by atoms with Crippen molar-refractivity contribution in [1.82, 2.24) is 9.55 Å². The number of nitrogens with one attached hydrogen (secondary N) is 1. The largest absolute Gasteiger partial charge is 0.496 e. The van der Waals surface area contributed by atoms with E-state index in [0.717, 1.165) is 22.9 Å². The Morgan fingerprint density at radius 2 is 1.59 bits per heavy atom. The number of alkyl halides is 1. The predicted molar refractivity (Wildman–Crippen MR) is 168 cm³/mol. The van der Waals surface area contributed by atoms with E-state index in [9.17, 15) is 34.5 Å². The number of methoxy groups -OCH3 is 1. The number of hydrogen-bond donors (Lipinski definition) is 4. The topological polar surface area (TPSA) is 168 Å². The third-order valence-electron chi connectivity index (χ3n) is 8.03. The lowest BCUT2D eigenvalue weighted by molar-refractivity contribution is -0.240. The van der Waals surface area contributed by atoms with Crippen molar-refractivity contribution in [3.05, 3.63) is 103 Å². The van der Waals surface area contributed by atoms with Gasteiger partial charge in [0, 0.05) is 34.5 Å². The maximum atomic E-state index is 15.9. The molecule has 46 heavy (non-hydrogen) atoms. The van der Waals surface area contributed by atoms with Gasteiger partial charge in [-0.2, -0.15) is 4.39 Å². The Bertz CT molecular complexity index is 1760. The van der Waals surface area contributed by atoms with Gasteiger partial charge in [0.2, 0.25) is 0 Å². The molecule has 0 saturated carbocycles. The highest BCUT2D eigenvalue weighted by Crippen LogP contribution is 2.44. The van der Waals surface area contributed by atoms with Gasteiger partial charge in [0.1, 0.15) is 11.9 Å². The van der Waals surface area contributed by atoms with Gasteiger partial charge in [-0.25, -0.2) is 9.36 Å². The van der Waals surface area contributed by atoms with Crippen molar-refractivity contribution in [2.75, 3.05) is 13.7 Å². The molecule has 0 amide bonds. The van der Waals surface area contributed by atoms with Gasteiger partial charge in [-0.1, -0.05) is 71.9 Å². The zero-order valence-electron chi connectivity index (χ0n) is 26.8. The molecule has 3 aromatic rings. The Morgan fingerprint density at radius 1 is 1.02 bits per heavy atom. The second-order valence-electron chi connectivity index (χ2n) is 13.4. The van der Waals surface area contributed by atoms with Gasteiger partial charge >= 0.3 is 11.7 Å². The number of ketones is 2. The maximum absolute atomic E-state index is 15.9. The van der Waals surface area contributed by atoms with Crippen LogP contribution < -0.4 is 16.0 Å². The molecule has 1 fully saturated rings. The number of rotatable bonds is 8. The molecular weight excluding hydrogens is 599 g/mol. The lowest BCUT2D eigenvalue weighted by Gasteiger charge is -2.29. The van der Waals surface area contributed by atoms with Crippen molar-refractivity contribution >= 4 is 17.6 Å². The van der Waals surface area contributed by atoms with Crippen LogP contribution in [0.1, 0.15) is 78.9 Å². The molecule has 0 bridgehead atoms. The first-order valence-electron chi connectivity index (χ1n) is 14.6. The SMILES string of the molecule is COc1c(C(C)(C)C)cc(C(=O)C=Cc2ccc(C(=O)[C@]3(O)[C@@H](O)[C@](F)(n4ccc(=O)[nH]c4=O)O[C@@H]3CO)cc2)cc1C(C)(C)C. The van der Waals surface area contributed by atoms with E-state index >= 15 is 4.39 Å². The molecule has 1 aliphatic heterocycles. The van der Waals surface area contributed by atoms with E-state index in [-0.39, 0.29) is 26.7 Å².